The van der Waals surface area contributed by atoms with Gasteiger partial charge in [-0.05, 0) is 19.1 Å². The lowest BCUT2D eigenvalue weighted by Crippen LogP contribution is -1.78. The monoisotopic (exact) mass is 213 g/mol. The smallest absolute Gasteiger partial charge is 0.146 e. The zero-order valence-electron chi connectivity index (χ0n) is 8.78. The number of benzene rings is 2. The number of hydrogen-bond acceptors (Lipinski definition) is 2. The van der Waals surface area contributed by atoms with E-state index in [2.05, 4.69) is 4.98 Å². The van der Waals surface area contributed by atoms with Gasteiger partial charge in [0.25, 0.3) is 0 Å². The number of aromatic nitrogens is 1. The third-order valence-electron chi connectivity index (χ3n) is 3.00. The molecule has 0 fully saturated rings. The molecule has 3 aromatic rings. The number of phenols is 2. The summed E-state index contributed by atoms with van der Waals surface area (Å²) in [4.78, 5) is 3.15. The summed E-state index contributed by atoms with van der Waals surface area (Å²) in [5, 5.41) is 21.5. The summed E-state index contributed by atoms with van der Waals surface area (Å²) in [7, 11) is 0. The van der Waals surface area contributed by atoms with Crippen molar-refractivity contribution in [3.8, 4) is 11.5 Å². The molecule has 0 atom stereocenters. The lowest BCUT2D eigenvalue weighted by Gasteiger charge is -2.02. The Morgan fingerprint density at radius 1 is 1.06 bits per heavy atom. The second-order valence-electron chi connectivity index (χ2n) is 3.96. The predicted molar refractivity (Wildman–Crippen MR) is 63.9 cm³/mol. The minimum atomic E-state index is 0.117. The van der Waals surface area contributed by atoms with Gasteiger partial charge in [0.1, 0.15) is 11.5 Å². The Morgan fingerprint density at radius 3 is 2.62 bits per heavy atom. The Labute approximate surface area is 92.0 Å². The Bertz CT molecular complexity index is 698. The molecular weight excluding hydrogens is 202 g/mol. The van der Waals surface area contributed by atoms with Gasteiger partial charge in [0.15, 0.2) is 0 Å². The first-order valence-corrected chi connectivity index (χ1v) is 5.10. The maximum absolute atomic E-state index is 9.95. The maximum Gasteiger partial charge on any atom is 0.146 e. The average Bonchev–Trinajstić information content (AvgIpc) is 2.65. The van der Waals surface area contributed by atoms with Crippen LogP contribution < -0.4 is 0 Å². The third-order valence-corrected chi connectivity index (χ3v) is 3.00. The van der Waals surface area contributed by atoms with Crippen LogP contribution in [0, 0.1) is 6.92 Å². The van der Waals surface area contributed by atoms with Crippen LogP contribution in [-0.2, 0) is 0 Å². The van der Waals surface area contributed by atoms with E-state index >= 15 is 0 Å². The van der Waals surface area contributed by atoms with Crippen molar-refractivity contribution in [1.29, 1.82) is 0 Å². The van der Waals surface area contributed by atoms with Crippen molar-refractivity contribution in [2.24, 2.45) is 0 Å². The lowest BCUT2D eigenvalue weighted by molar-refractivity contribution is 0.447. The van der Waals surface area contributed by atoms with Crippen molar-refractivity contribution in [2.45, 2.75) is 6.92 Å². The molecule has 1 aromatic heterocycles. The van der Waals surface area contributed by atoms with Gasteiger partial charge in [0.05, 0.1) is 5.52 Å². The molecule has 0 saturated carbocycles. The number of phenolic OH excluding ortho intramolecular Hbond substituents is 2. The normalized spacial score (nSPS) is 11.3. The minimum absolute atomic E-state index is 0.117. The van der Waals surface area contributed by atoms with Gasteiger partial charge in [-0.15, -0.1) is 0 Å². The minimum Gasteiger partial charge on any atom is -0.508 e. The second-order valence-corrected chi connectivity index (χ2v) is 3.96. The fourth-order valence-corrected chi connectivity index (χ4v) is 2.05. The molecule has 0 spiro atoms. The molecule has 0 aliphatic carbocycles. The number of aromatic amines is 1. The molecular formula is C13H11NO2. The van der Waals surface area contributed by atoms with E-state index in [4.69, 9.17) is 0 Å². The Hall–Kier alpha value is -2.16. The first-order valence-electron chi connectivity index (χ1n) is 5.10. The summed E-state index contributed by atoms with van der Waals surface area (Å²) in [5.41, 5.74) is 2.13. The standard InChI is InChI=1S/C13H11NO2/c1-7-11(15)6-9-8-4-2-3-5-10(8)14-12(9)13(7)16/h2-6,14-16H,1H3. The second kappa shape index (κ2) is 2.92. The van der Waals surface area contributed by atoms with Crippen molar-refractivity contribution in [3.05, 3.63) is 35.9 Å². The molecule has 0 unspecified atom stereocenters. The van der Waals surface area contributed by atoms with E-state index in [0.29, 0.717) is 11.1 Å². The summed E-state index contributed by atoms with van der Waals surface area (Å²) < 4.78 is 0. The SMILES string of the molecule is Cc1c(O)cc2c([nH]c3ccccc32)c1O. The number of nitrogens with one attached hydrogen (secondary N) is 1. The van der Waals surface area contributed by atoms with Crippen molar-refractivity contribution in [3.63, 3.8) is 0 Å². The molecule has 3 heteroatoms. The molecule has 1 heterocycles. The molecule has 0 aliphatic heterocycles. The van der Waals surface area contributed by atoms with Crippen LogP contribution in [-0.4, -0.2) is 15.2 Å². The number of aromatic hydroxyl groups is 2. The highest BCUT2D eigenvalue weighted by atomic mass is 16.3. The molecule has 3 nitrogen and oxygen atoms in total. The van der Waals surface area contributed by atoms with Crippen LogP contribution >= 0.6 is 0 Å². The number of H-pyrrole nitrogens is 1. The Kier molecular flexibility index (Phi) is 1.66. The van der Waals surface area contributed by atoms with E-state index in [1.54, 1.807) is 13.0 Å². The Morgan fingerprint density at radius 2 is 1.81 bits per heavy atom. The zero-order valence-corrected chi connectivity index (χ0v) is 8.78. The molecule has 0 radical (unpaired) electrons. The average molecular weight is 213 g/mol. The first kappa shape index (κ1) is 9.09. The summed E-state index contributed by atoms with van der Waals surface area (Å²) in [6.45, 7) is 1.69. The summed E-state index contributed by atoms with van der Waals surface area (Å²) in [6.07, 6.45) is 0. The van der Waals surface area contributed by atoms with Gasteiger partial charge in [-0.2, -0.15) is 0 Å². The van der Waals surface area contributed by atoms with E-state index in [9.17, 15) is 10.2 Å². The number of fused-ring (bicyclic) bond motifs is 3. The molecule has 0 saturated heterocycles. The summed E-state index contributed by atoms with van der Waals surface area (Å²) >= 11 is 0. The number of rotatable bonds is 0. The van der Waals surface area contributed by atoms with Gasteiger partial charge in [0.2, 0.25) is 0 Å². The molecule has 3 N–H and O–H groups in total. The predicted octanol–water partition coefficient (Wildman–Crippen LogP) is 3.04. The van der Waals surface area contributed by atoms with Crippen molar-refractivity contribution >= 4 is 21.8 Å². The van der Waals surface area contributed by atoms with Crippen LogP contribution in [0.3, 0.4) is 0 Å². The Balaban J connectivity index is 2.60. The summed E-state index contributed by atoms with van der Waals surface area (Å²) in [6, 6.07) is 9.46. The molecule has 16 heavy (non-hydrogen) atoms. The maximum atomic E-state index is 9.95. The van der Waals surface area contributed by atoms with E-state index in [1.165, 1.54) is 0 Å². The van der Waals surface area contributed by atoms with E-state index < -0.39 is 0 Å². The molecule has 3 rings (SSSR count). The third kappa shape index (κ3) is 1.03. The largest absolute Gasteiger partial charge is 0.508 e. The van der Waals surface area contributed by atoms with Crippen LogP contribution in [0.5, 0.6) is 11.5 Å². The van der Waals surface area contributed by atoms with Crippen LogP contribution in [0.1, 0.15) is 5.56 Å². The molecule has 0 aliphatic rings. The fraction of sp³-hybridized carbons (Fsp3) is 0.0769. The van der Waals surface area contributed by atoms with E-state index in [1.807, 2.05) is 24.3 Å². The van der Waals surface area contributed by atoms with Gasteiger partial charge in [-0.25, -0.2) is 0 Å². The van der Waals surface area contributed by atoms with Crippen molar-refractivity contribution in [1.82, 2.24) is 4.98 Å². The van der Waals surface area contributed by atoms with E-state index in [0.717, 1.165) is 16.3 Å². The van der Waals surface area contributed by atoms with Gasteiger partial charge >= 0.3 is 0 Å². The first-order chi connectivity index (χ1) is 7.68. The topological polar surface area (TPSA) is 56.2 Å². The van der Waals surface area contributed by atoms with Crippen molar-refractivity contribution < 1.29 is 10.2 Å². The number of para-hydroxylation sites is 1. The van der Waals surface area contributed by atoms with Crippen molar-refractivity contribution in [2.75, 3.05) is 0 Å². The lowest BCUT2D eigenvalue weighted by atomic mass is 10.1. The number of hydrogen-bond donors (Lipinski definition) is 3. The highest BCUT2D eigenvalue weighted by molar-refractivity contribution is 6.10. The fourth-order valence-electron chi connectivity index (χ4n) is 2.05. The zero-order chi connectivity index (χ0) is 11.3. The van der Waals surface area contributed by atoms with Gasteiger partial charge in [-0.3, -0.25) is 0 Å². The van der Waals surface area contributed by atoms with Crippen LogP contribution in [0.25, 0.3) is 21.8 Å². The van der Waals surface area contributed by atoms with Crippen LogP contribution in [0.15, 0.2) is 30.3 Å². The van der Waals surface area contributed by atoms with Gasteiger partial charge < -0.3 is 15.2 Å². The van der Waals surface area contributed by atoms with Gasteiger partial charge in [0, 0.05) is 21.9 Å². The van der Waals surface area contributed by atoms with Crippen LogP contribution in [0.2, 0.25) is 0 Å². The molecule has 0 amide bonds. The molecule has 80 valence electrons. The quantitative estimate of drug-likeness (QED) is 0.537. The van der Waals surface area contributed by atoms with Crippen LogP contribution in [0.4, 0.5) is 0 Å². The van der Waals surface area contributed by atoms with Gasteiger partial charge in [-0.1, -0.05) is 18.2 Å². The molecule has 0 bridgehead atoms. The molecule has 2 aromatic carbocycles. The highest BCUT2D eigenvalue weighted by Gasteiger charge is 2.12. The van der Waals surface area contributed by atoms with E-state index in [-0.39, 0.29) is 11.5 Å². The highest BCUT2D eigenvalue weighted by Crippen LogP contribution is 2.37. The summed E-state index contributed by atoms with van der Waals surface area (Å²) in [5.74, 6) is 0.237.